The van der Waals surface area contributed by atoms with E-state index >= 15 is 0 Å². The molecule has 0 spiro atoms. The minimum absolute atomic E-state index is 0.0573. The molecule has 0 aromatic heterocycles. The molecule has 1 amide bonds. The number of non-ortho nitro benzene ring substituents is 1. The van der Waals surface area contributed by atoms with Crippen molar-refractivity contribution in [2.45, 2.75) is 32.9 Å². The van der Waals surface area contributed by atoms with E-state index in [-0.39, 0.29) is 22.4 Å². The van der Waals surface area contributed by atoms with Crippen molar-refractivity contribution in [3.63, 3.8) is 0 Å². The van der Waals surface area contributed by atoms with Crippen molar-refractivity contribution in [3.8, 4) is 0 Å². The molecule has 1 unspecified atom stereocenters. The van der Waals surface area contributed by atoms with E-state index in [2.05, 4.69) is 10.6 Å². The van der Waals surface area contributed by atoms with Crippen molar-refractivity contribution in [1.82, 2.24) is 0 Å². The molecule has 0 fully saturated rings. The van der Waals surface area contributed by atoms with Gasteiger partial charge in [-0.3, -0.25) is 14.9 Å². The molecule has 150 valence electrons. The second-order valence-corrected chi connectivity index (χ2v) is 7.05. The fourth-order valence-corrected chi connectivity index (χ4v) is 2.66. The molecule has 0 heterocycles. The number of rotatable bonds is 7. The van der Waals surface area contributed by atoms with Crippen LogP contribution in [-0.2, 0) is 4.79 Å². The fourth-order valence-electron chi connectivity index (χ4n) is 2.44. The van der Waals surface area contributed by atoms with E-state index < -0.39 is 22.7 Å². The van der Waals surface area contributed by atoms with Gasteiger partial charge >= 0.3 is 0 Å². The lowest BCUT2D eigenvalue weighted by molar-refractivity contribution is -0.384. The highest BCUT2D eigenvalue weighted by Crippen LogP contribution is 2.27. The van der Waals surface area contributed by atoms with E-state index in [1.807, 2.05) is 18.7 Å². The van der Waals surface area contributed by atoms with Gasteiger partial charge in [0.1, 0.15) is 11.9 Å². The van der Waals surface area contributed by atoms with Gasteiger partial charge in [0.15, 0.2) is 0 Å². The molecular formula is C19H22ClFN4O3. The molecule has 2 aromatic carbocycles. The SMILES string of the molecule is CC(Nc1ccc(N(C)C(C)C)c(F)c1)C(=O)Nc1ccc([N+](=O)[O-])cc1Cl. The summed E-state index contributed by atoms with van der Waals surface area (Å²) in [5, 5.41) is 16.3. The van der Waals surface area contributed by atoms with Gasteiger partial charge in [0.05, 0.1) is 21.3 Å². The Balaban J connectivity index is 2.06. The highest BCUT2D eigenvalue weighted by Gasteiger charge is 2.17. The molecule has 0 aliphatic carbocycles. The van der Waals surface area contributed by atoms with Crippen molar-refractivity contribution < 1.29 is 14.1 Å². The summed E-state index contributed by atoms with van der Waals surface area (Å²) in [6.07, 6.45) is 0. The Bertz CT molecular complexity index is 891. The Labute approximate surface area is 167 Å². The molecule has 9 heteroatoms. The average molecular weight is 409 g/mol. The van der Waals surface area contributed by atoms with Gasteiger partial charge in [0, 0.05) is 30.9 Å². The number of nitrogens with one attached hydrogen (secondary N) is 2. The van der Waals surface area contributed by atoms with Gasteiger partial charge in [-0.1, -0.05) is 11.6 Å². The van der Waals surface area contributed by atoms with Gasteiger partial charge in [-0.2, -0.15) is 0 Å². The lowest BCUT2D eigenvalue weighted by atomic mass is 10.2. The topological polar surface area (TPSA) is 87.5 Å². The molecular weight excluding hydrogens is 387 g/mol. The minimum Gasteiger partial charge on any atom is -0.374 e. The summed E-state index contributed by atoms with van der Waals surface area (Å²) in [6, 6.07) is 7.89. The second kappa shape index (κ2) is 8.88. The molecule has 2 aromatic rings. The zero-order valence-electron chi connectivity index (χ0n) is 16.0. The van der Waals surface area contributed by atoms with Crippen LogP contribution in [0, 0.1) is 15.9 Å². The summed E-state index contributed by atoms with van der Waals surface area (Å²) in [5.74, 6) is -0.813. The van der Waals surface area contributed by atoms with E-state index in [1.54, 1.807) is 26.1 Å². The molecule has 0 radical (unpaired) electrons. The highest BCUT2D eigenvalue weighted by molar-refractivity contribution is 6.34. The molecule has 0 aliphatic rings. The fraction of sp³-hybridized carbons (Fsp3) is 0.316. The van der Waals surface area contributed by atoms with Crippen molar-refractivity contribution in [1.29, 1.82) is 0 Å². The highest BCUT2D eigenvalue weighted by atomic mass is 35.5. The number of benzene rings is 2. The molecule has 2 N–H and O–H groups in total. The second-order valence-electron chi connectivity index (χ2n) is 6.65. The number of nitro benzene ring substituents is 1. The van der Waals surface area contributed by atoms with E-state index in [0.717, 1.165) is 6.07 Å². The lowest BCUT2D eigenvalue weighted by Gasteiger charge is -2.25. The minimum atomic E-state index is -0.695. The number of halogens is 2. The summed E-state index contributed by atoms with van der Waals surface area (Å²) in [6.45, 7) is 5.53. The smallest absolute Gasteiger partial charge is 0.271 e. The first-order valence-electron chi connectivity index (χ1n) is 8.64. The van der Waals surface area contributed by atoms with E-state index in [1.165, 1.54) is 18.2 Å². The van der Waals surface area contributed by atoms with E-state index in [0.29, 0.717) is 11.4 Å². The zero-order chi connectivity index (χ0) is 21.0. The molecule has 7 nitrogen and oxygen atoms in total. The largest absolute Gasteiger partial charge is 0.374 e. The summed E-state index contributed by atoms with van der Waals surface area (Å²) in [5.41, 5.74) is 1.01. The number of carbonyl (C=O) groups excluding carboxylic acids is 1. The maximum atomic E-state index is 14.4. The zero-order valence-corrected chi connectivity index (χ0v) is 16.7. The third-order valence-electron chi connectivity index (χ3n) is 4.30. The third kappa shape index (κ3) is 5.10. The maximum Gasteiger partial charge on any atom is 0.271 e. The maximum absolute atomic E-state index is 14.4. The van der Waals surface area contributed by atoms with Crippen molar-refractivity contribution in [2.75, 3.05) is 22.6 Å². The van der Waals surface area contributed by atoms with Gasteiger partial charge in [-0.15, -0.1) is 0 Å². The average Bonchev–Trinajstić information content (AvgIpc) is 2.62. The van der Waals surface area contributed by atoms with Crippen LogP contribution in [-0.4, -0.2) is 30.0 Å². The number of anilines is 3. The molecule has 2 rings (SSSR count). The first-order valence-corrected chi connectivity index (χ1v) is 9.01. The molecule has 0 saturated heterocycles. The Morgan fingerprint density at radius 2 is 1.89 bits per heavy atom. The first-order chi connectivity index (χ1) is 13.1. The summed E-state index contributed by atoms with van der Waals surface area (Å²) in [7, 11) is 1.81. The Morgan fingerprint density at radius 3 is 2.43 bits per heavy atom. The van der Waals surface area contributed by atoms with Gasteiger partial charge < -0.3 is 15.5 Å². The normalized spacial score (nSPS) is 11.8. The summed E-state index contributed by atoms with van der Waals surface area (Å²) in [4.78, 5) is 24.4. The van der Waals surface area contributed by atoms with Gasteiger partial charge in [-0.25, -0.2) is 4.39 Å². The molecule has 0 bridgehead atoms. The Hall–Kier alpha value is -2.87. The molecule has 28 heavy (non-hydrogen) atoms. The predicted octanol–water partition coefficient (Wildman–Crippen LogP) is 4.67. The van der Waals surface area contributed by atoms with Crippen molar-refractivity contribution in [2.24, 2.45) is 0 Å². The number of carbonyl (C=O) groups is 1. The number of nitro groups is 1. The third-order valence-corrected chi connectivity index (χ3v) is 4.61. The van der Waals surface area contributed by atoms with Crippen LogP contribution in [0.5, 0.6) is 0 Å². The van der Waals surface area contributed by atoms with Gasteiger partial charge in [0.25, 0.3) is 5.69 Å². The summed E-state index contributed by atoms with van der Waals surface area (Å²) < 4.78 is 14.4. The number of hydrogen-bond acceptors (Lipinski definition) is 5. The van der Waals surface area contributed by atoms with E-state index in [9.17, 15) is 19.3 Å². The van der Waals surface area contributed by atoms with Crippen LogP contribution in [0.25, 0.3) is 0 Å². The van der Waals surface area contributed by atoms with Crippen LogP contribution >= 0.6 is 11.6 Å². The monoisotopic (exact) mass is 408 g/mol. The van der Waals surface area contributed by atoms with Gasteiger partial charge in [0.2, 0.25) is 5.91 Å². The Morgan fingerprint density at radius 1 is 1.21 bits per heavy atom. The number of hydrogen-bond donors (Lipinski definition) is 2. The quantitative estimate of drug-likeness (QED) is 0.513. The number of amides is 1. The number of nitrogens with zero attached hydrogens (tertiary/aromatic N) is 2. The van der Waals surface area contributed by atoms with Crippen molar-refractivity contribution in [3.05, 3.63) is 57.4 Å². The lowest BCUT2D eigenvalue weighted by Crippen LogP contribution is -2.32. The standard InChI is InChI=1S/C19H22ClFN4O3/c1-11(2)24(4)18-8-5-13(9-16(18)21)22-12(3)19(26)23-17-7-6-14(25(27)28)10-15(17)20/h5-12,22H,1-4H3,(H,23,26). The van der Waals surface area contributed by atoms with Crippen LogP contribution in [0.3, 0.4) is 0 Å². The van der Waals surface area contributed by atoms with Gasteiger partial charge in [-0.05, 0) is 45.0 Å². The van der Waals surface area contributed by atoms with E-state index in [4.69, 9.17) is 11.6 Å². The van der Waals surface area contributed by atoms with Crippen molar-refractivity contribution >= 4 is 40.3 Å². The van der Waals surface area contributed by atoms with Crippen LogP contribution < -0.4 is 15.5 Å². The van der Waals surface area contributed by atoms with Crippen LogP contribution in [0.1, 0.15) is 20.8 Å². The predicted molar refractivity (Wildman–Crippen MR) is 110 cm³/mol. The molecule has 0 saturated carbocycles. The summed E-state index contributed by atoms with van der Waals surface area (Å²) >= 11 is 5.98. The first kappa shape index (κ1) is 21.4. The van der Waals surface area contributed by atoms with Crippen LogP contribution in [0.2, 0.25) is 5.02 Å². The molecule has 0 aliphatic heterocycles. The van der Waals surface area contributed by atoms with Crippen LogP contribution in [0.4, 0.5) is 27.1 Å². The molecule has 1 atom stereocenters. The Kier molecular flexibility index (Phi) is 6.80. The van der Waals surface area contributed by atoms with Crippen LogP contribution in [0.15, 0.2) is 36.4 Å².